The predicted molar refractivity (Wildman–Crippen MR) is 116 cm³/mol. The average molecular weight is 437 g/mol. The van der Waals surface area contributed by atoms with Crippen LogP contribution in [0.25, 0.3) is 0 Å². The molecule has 3 rings (SSSR count). The minimum atomic E-state index is -0.477. The maximum Gasteiger partial charge on any atom is 0.243 e. The van der Waals surface area contributed by atoms with Crippen molar-refractivity contribution in [1.82, 2.24) is 10.2 Å². The van der Waals surface area contributed by atoms with Crippen molar-refractivity contribution in [2.45, 2.75) is 31.7 Å². The van der Waals surface area contributed by atoms with E-state index in [4.69, 9.17) is 23.2 Å². The van der Waals surface area contributed by atoms with Crippen LogP contribution >= 0.6 is 35.0 Å². The number of nitrogens with one attached hydrogen (secondary N) is 1. The molecule has 148 valence electrons. The SMILES string of the molecule is CC(=O)N1[C@@H](C(=O)NCCc2ccc(Cl)cc2Cl)CS[C@H]1c1ccc(C)cc1. The number of hydrogen-bond acceptors (Lipinski definition) is 3. The zero-order valence-electron chi connectivity index (χ0n) is 15.7. The molecule has 0 aliphatic carbocycles. The van der Waals surface area contributed by atoms with Crippen LogP contribution in [0.2, 0.25) is 10.0 Å². The van der Waals surface area contributed by atoms with Gasteiger partial charge >= 0.3 is 0 Å². The molecule has 0 bridgehead atoms. The Balaban J connectivity index is 1.64. The zero-order chi connectivity index (χ0) is 20.3. The maximum absolute atomic E-state index is 12.7. The molecule has 1 N–H and O–H groups in total. The van der Waals surface area contributed by atoms with E-state index in [-0.39, 0.29) is 17.2 Å². The van der Waals surface area contributed by atoms with Gasteiger partial charge in [-0.3, -0.25) is 9.59 Å². The number of amides is 2. The van der Waals surface area contributed by atoms with Gasteiger partial charge in [0.05, 0.1) is 0 Å². The molecule has 7 heteroatoms. The van der Waals surface area contributed by atoms with Crippen LogP contribution in [-0.4, -0.2) is 35.1 Å². The van der Waals surface area contributed by atoms with Gasteiger partial charge in [-0.05, 0) is 36.6 Å². The smallest absolute Gasteiger partial charge is 0.243 e. The number of aryl methyl sites for hydroxylation is 1. The largest absolute Gasteiger partial charge is 0.354 e. The number of thioether (sulfide) groups is 1. The number of halogens is 2. The molecule has 2 atom stereocenters. The van der Waals surface area contributed by atoms with Crippen LogP contribution in [0.4, 0.5) is 0 Å². The Kier molecular flexibility index (Phi) is 6.91. The first-order valence-corrected chi connectivity index (χ1v) is 10.9. The summed E-state index contributed by atoms with van der Waals surface area (Å²) < 4.78 is 0. The molecule has 0 unspecified atom stereocenters. The van der Waals surface area contributed by atoms with Gasteiger partial charge in [-0.25, -0.2) is 0 Å². The molecule has 0 saturated carbocycles. The van der Waals surface area contributed by atoms with Crippen LogP contribution in [0, 0.1) is 6.92 Å². The van der Waals surface area contributed by atoms with E-state index in [1.165, 1.54) is 6.92 Å². The summed E-state index contributed by atoms with van der Waals surface area (Å²) in [7, 11) is 0. The lowest BCUT2D eigenvalue weighted by Crippen LogP contribution is -2.47. The Morgan fingerprint density at radius 3 is 2.54 bits per heavy atom. The molecule has 2 amide bonds. The summed E-state index contributed by atoms with van der Waals surface area (Å²) in [5.74, 6) is 0.338. The van der Waals surface area contributed by atoms with E-state index in [1.807, 2.05) is 37.3 Å². The molecular formula is C21H22Cl2N2O2S. The Labute approximate surface area is 179 Å². The summed E-state index contributed by atoms with van der Waals surface area (Å²) in [5.41, 5.74) is 3.12. The maximum atomic E-state index is 12.7. The topological polar surface area (TPSA) is 49.4 Å². The standard InChI is InChI=1S/C21H22Cl2N2O2S/c1-13-3-5-16(6-4-13)21-25(14(2)26)19(12-28-21)20(27)24-10-9-15-7-8-17(22)11-18(15)23/h3-8,11,19,21H,9-10,12H2,1-2H3,(H,24,27)/t19-,21+/m1/s1. The Hall–Kier alpha value is -1.69. The third kappa shape index (κ3) is 4.83. The minimum Gasteiger partial charge on any atom is -0.354 e. The second kappa shape index (κ2) is 9.21. The van der Waals surface area contributed by atoms with Crippen LogP contribution in [0.15, 0.2) is 42.5 Å². The van der Waals surface area contributed by atoms with Gasteiger partial charge in [-0.2, -0.15) is 0 Å². The highest BCUT2D eigenvalue weighted by Crippen LogP contribution is 2.41. The number of carbonyl (C=O) groups is 2. The summed E-state index contributed by atoms with van der Waals surface area (Å²) in [6.45, 7) is 3.99. The summed E-state index contributed by atoms with van der Waals surface area (Å²) in [6.07, 6.45) is 0.600. The van der Waals surface area contributed by atoms with E-state index in [0.717, 1.165) is 16.7 Å². The molecule has 28 heavy (non-hydrogen) atoms. The molecule has 1 saturated heterocycles. The van der Waals surface area contributed by atoms with Gasteiger partial charge in [-0.1, -0.05) is 59.1 Å². The van der Waals surface area contributed by atoms with Gasteiger partial charge in [0, 0.05) is 29.3 Å². The molecule has 2 aromatic carbocycles. The average Bonchev–Trinajstić information content (AvgIpc) is 3.09. The third-order valence-corrected chi connectivity index (χ3v) is 6.65. The summed E-state index contributed by atoms with van der Waals surface area (Å²) in [4.78, 5) is 26.7. The predicted octanol–water partition coefficient (Wildman–Crippen LogP) is 4.62. The first-order valence-electron chi connectivity index (χ1n) is 9.05. The van der Waals surface area contributed by atoms with Crippen molar-refractivity contribution in [3.8, 4) is 0 Å². The first kappa shape index (κ1) is 21.0. The highest BCUT2D eigenvalue weighted by atomic mass is 35.5. The Morgan fingerprint density at radius 1 is 1.18 bits per heavy atom. The van der Waals surface area contributed by atoms with Crippen molar-refractivity contribution in [3.63, 3.8) is 0 Å². The molecule has 1 heterocycles. The van der Waals surface area contributed by atoms with E-state index < -0.39 is 6.04 Å². The van der Waals surface area contributed by atoms with Gasteiger partial charge < -0.3 is 10.2 Å². The van der Waals surface area contributed by atoms with Crippen LogP contribution in [0.5, 0.6) is 0 Å². The highest BCUT2D eigenvalue weighted by molar-refractivity contribution is 7.99. The first-order chi connectivity index (χ1) is 13.4. The number of nitrogens with zero attached hydrogens (tertiary/aromatic N) is 1. The highest BCUT2D eigenvalue weighted by Gasteiger charge is 2.40. The van der Waals surface area contributed by atoms with E-state index in [1.54, 1.807) is 28.8 Å². The Bertz CT molecular complexity index is 873. The summed E-state index contributed by atoms with van der Waals surface area (Å²) in [5, 5.41) is 3.97. The molecule has 1 fully saturated rings. The minimum absolute atomic E-state index is 0.100. The molecule has 0 aromatic heterocycles. The van der Waals surface area contributed by atoms with Gasteiger partial charge in [0.25, 0.3) is 0 Å². The number of hydrogen-bond donors (Lipinski definition) is 1. The fraction of sp³-hybridized carbons (Fsp3) is 0.333. The van der Waals surface area contributed by atoms with Crippen LogP contribution < -0.4 is 5.32 Å². The van der Waals surface area contributed by atoms with E-state index in [0.29, 0.717) is 28.8 Å². The fourth-order valence-corrected chi connectivity index (χ4v) is 5.23. The van der Waals surface area contributed by atoms with Crippen LogP contribution in [0.3, 0.4) is 0 Å². The molecule has 1 aliphatic heterocycles. The normalized spacial score (nSPS) is 18.9. The quantitative estimate of drug-likeness (QED) is 0.743. The van der Waals surface area contributed by atoms with Gasteiger partial charge in [0.2, 0.25) is 11.8 Å². The third-order valence-electron chi connectivity index (χ3n) is 4.74. The molecule has 0 radical (unpaired) electrons. The van der Waals surface area contributed by atoms with Crippen molar-refractivity contribution in [2.24, 2.45) is 0 Å². The van der Waals surface area contributed by atoms with Gasteiger partial charge in [0.15, 0.2) is 0 Å². The monoisotopic (exact) mass is 436 g/mol. The van der Waals surface area contributed by atoms with Crippen molar-refractivity contribution in [2.75, 3.05) is 12.3 Å². The van der Waals surface area contributed by atoms with Crippen molar-refractivity contribution < 1.29 is 9.59 Å². The number of carbonyl (C=O) groups excluding carboxylic acids is 2. The van der Waals surface area contributed by atoms with Gasteiger partial charge in [0.1, 0.15) is 11.4 Å². The summed E-state index contributed by atoms with van der Waals surface area (Å²) in [6, 6.07) is 12.9. The van der Waals surface area contributed by atoms with Crippen LogP contribution in [0.1, 0.15) is 29.0 Å². The van der Waals surface area contributed by atoms with E-state index >= 15 is 0 Å². The number of benzene rings is 2. The number of rotatable bonds is 5. The Morgan fingerprint density at radius 2 is 1.89 bits per heavy atom. The molecular weight excluding hydrogens is 415 g/mol. The molecule has 2 aromatic rings. The molecule has 4 nitrogen and oxygen atoms in total. The van der Waals surface area contributed by atoms with Crippen molar-refractivity contribution >= 4 is 46.8 Å². The molecule has 1 aliphatic rings. The van der Waals surface area contributed by atoms with E-state index in [9.17, 15) is 9.59 Å². The van der Waals surface area contributed by atoms with Gasteiger partial charge in [-0.15, -0.1) is 11.8 Å². The second-order valence-electron chi connectivity index (χ2n) is 6.82. The molecule has 0 spiro atoms. The fourth-order valence-electron chi connectivity index (χ4n) is 3.24. The van der Waals surface area contributed by atoms with Crippen molar-refractivity contribution in [1.29, 1.82) is 0 Å². The lowest BCUT2D eigenvalue weighted by Gasteiger charge is -2.28. The van der Waals surface area contributed by atoms with Crippen LogP contribution in [-0.2, 0) is 16.0 Å². The lowest BCUT2D eigenvalue weighted by atomic mass is 10.1. The lowest BCUT2D eigenvalue weighted by molar-refractivity contribution is -0.138. The zero-order valence-corrected chi connectivity index (χ0v) is 18.1. The second-order valence-corrected chi connectivity index (χ2v) is 8.77. The van der Waals surface area contributed by atoms with E-state index in [2.05, 4.69) is 5.32 Å². The summed E-state index contributed by atoms with van der Waals surface area (Å²) >= 11 is 13.7. The van der Waals surface area contributed by atoms with Crippen molar-refractivity contribution in [3.05, 3.63) is 69.2 Å².